The fourth-order valence-electron chi connectivity index (χ4n) is 2.02. The third-order valence-electron chi connectivity index (χ3n) is 3.99. The summed E-state index contributed by atoms with van der Waals surface area (Å²) in [6, 6.07) is 7.86. The molecule has 0 amide bonds. The van der Waals surface area contributed by atoms with Gasteiger partial charge >= 0.3 is 7.12 Å². The van der Waals surface area contributed by atoms with Gasteiger partial charge in [0.1, 0.15) is 0 Å². The molecule has 3 nitrogen and oxygen atoms in total. The average Bonchev–Trinajstić information content (AvgIpc) is 2.64. The van der Waals surface area contributed by atoms with Crippen molar-refractivity contribution in [3.63, 3.8) is 0 Å². The molecular weight excluding hydrogens is 295 g/mol. The van der Waals surface area contributed by atoms with Gasteiger partial charge in [0.2, 0.25) is 0 Å². The van der Waals surface area contributed by atoms with Gasteiger partial charge in [-0.25, -0.2) is 0 Å². The fraction of sp³-hybridized carbons (Fsp3) is 0.471. The van der Waals surface area contributed by atoms with Crippen LogP contribution in [0.25, 0.3) is 0 Å². The number of carbonyl (C=O) groups is 1. The maximum absolute atomic E-state index is 10.9. The van der Waals surface area contributed by atoms with Crippen LogP contribution in [-0.2, 0) is 14.1 Å². The zero-order valence-corrected chi connectivity index (χ0v) is 14.5. The van der Waals surface area contributed by atoms with E-state index in [0.717, 1.165) is 11.0 Å². The molecule has 0 aliphatic carbocycles. The van der Waals surface area contributed by atoms with Gasteiger partial charge in [-0.15, -0.1) is 0 Å². The molecular formula is C17H21BO3S. The summed E-state index contributed by atoms with van der Waals surface area (Å²) in [5.74, 6) is 6.57. The highest BCUT2D eigenvalue weighted by atomic mass is 32.2. The Labute approximate surface area is 137 Å². The molecule has 1 heterocycles. The van der Waals surface area contributed by atoms with E-state index in [0.29, 0.717) is 5.75 Å². The summed E-state index contributed by atoms with van der Waals surface area (Å²) in [6.07, 6.45) is 0. The number of hydrogen-bond donors (Lipinski definition) is 0. The average molecular weight is 316 g/mol. The summed E-state index contributed by atoms with van der Waals surface area (Å²) in [5, 5.41) is 0.0836. The molecule has 22 heavy (non-hydrogen) atoms. The molecule has 0 atom stereocenters. The van der Waals surface area contributed by atoms with Gasteiger partial charge in [-0.05, 0) is 45.3 Å². The number of hydrogen-bond acceptors (Lipinski definition) is 4. The molecule has 0 saturated carbocycles. The molecule has 1 fully saturated rings. The molecule has 0 N–H and O–H groups in total. The largest absolute Gasteiger partial charge is 0.494 e. The second-order valence-corrected chi connectivity index (χ2v) is 7.45. The lowest BCUT2D eigenvalue weighted by atomic mass is 9.78. The van der Waals surface area contributed by atoms with Gasteiger partial charge < -0.3 is 9.31 Å². The summed E-state index contributed by atoms with van der Waals surface area (Å²) >= 11 is 1.22. The summed E-state index contributed by atoms with van der Waals surface area (Å²) in [6.45, 7) is 9.70. The van der Waals surface area contributed by atoms with Crippen LogP contribution in [0.5, 0.6) is 0 Å². The van der Waals surface area contributed by atoms with Gasteiger partial charge in [0.15, 0.2) is 5.12 Å². The first-order valence-corrected chi connectivity index (χ1v) is 8.28. The van der Waals surface area contributed by atoms with Crippen LogP contribution in [0, 0.1) is 11.8 Å². The third-order valence-corrected chi connectivity index (χ3v) is 4.69. The zero-order valence-electron chi connectivity index (χ0n) is 13.7. The maximum atomic E-state index is 10.9. The van der Waals surface area contributed by atoms with Crippen molar-refractivity contribution >= 4 is 29.5 Å². The Balaban J connectivity index is 2.11. The van der Waals surface area contributed by atoms with Crippen molar-refractivity contribution in [1.29, 1.82) is 0 Å². The Morgan fingerprint density at radius 1 is 1.23 bits per heavy atom. The van der Waals surface area contributed by atoms with Crippen LogP contribution in [-0.4, -0.2) is 29.2 Å². The predicted octanol–water partition coefficient (Wildman–Crippen LogP) is 2.62. The molecule has 5 heteroatoms. The van der Waals surface area contributed by atoms with Gasteiger partial charge in [0.05, 0.1) is 17.0 Å². The summed E-state index contributed by atoms with van der Waals surface area (Å²) in [4.78, 5) is 10.9. The highest BCUT2D eigenvalue weighted by molar-refractivity contribution is 8.13. The van der Waals surface area contributed by atoms with E-state index >= 15 is 0 Å². The van der Waals surface area contributed by atoms with E-state index in [1.807, 2.05) is 52.0 Å². The predicted molar refractivity (Wildman–Crippen MR) is 92.2 cm³/mol. The van der Waals surface area contributed by atoms with Crippen molar-refractivity contribution in [2.45, 2.75) is 45.8 Å². The minimum Gasteiger partial charge on any atom is -0.399 e. The summed E-state index contributed by atoms with van der Waals surface area (Å²) in [7, 11) is -0.377. The number of benzene rings is 1. The quantitative estimate of drug-likeness (QED) is 0.621. The summed E-state index contributed by atoms with van der Waals surface area (Å²) in [5.41, 5.74) is 1.16. The van der Waals surface area contributed by atoms with E-state index in [2.05, 4.69) is 11.8 Å². The van der Waals surface area contributed by atoms with Gasteiger partial charge in [0, 0.05) is 12.5 Å². The van der Waals surface area contributed by atoms with Crippen LogP contribution in [0.3, 0.4) is 0 Å². The molecule has 1 aromatic carbocycles. The smallest absolute Gasteiger partial charge is 0.399 e. The first-order chi connectivity index (χ1) is 10.2. The molecule has 2 rings (SSSR count). The Morgan fingerprint density at radius 3 is 2.45 bits per heavy atom. The number of carbonyl (C=O) groups excluding carboxylic acids is 1. The van der Waals surface area contributed by atoms with Crippen LogP contribution in [0.2, 0.25) is 0 Å². The van der Waals surface area contributed by atoms with Gasteiger partial charge in [-0.1, -0.05) is 35.7 Å². The van der Waals surface area contributed by atoms with Crippen LogP contribution in [0.1, 0.15) is 40.2 Å². The second-order valence-electron chi connectivity index (χ2n) is 6.30. The van der Waals surface area contributed by atoms with E-state index in [9.17, 15) is 4.79 Å². The molecule has 0 radical (unpaired) electrons. The normalized spacial score (nSPS) is 18.7. The first kappa shape index (κ1) is 17.1. The van der Waals surface area contributed by atoms with Gasteiger partial charge in [0.25, 0.3) is 0 Å². The summed E-state index contributed by atoms with van der Waals surface area (Å²) < 4.78 is 12.1. The van der Waals surface area contributed by atoms with Crippen molar-refractivity contribution in [2.24, 2.45) is 0 Å². The molecule has 1 aliphatic rings. The Bertz CT molecular complexity index is 612. The lowest BCUT2D eigenvalue weighted by molar-refractivity contribution is -0.109. The number of thioether (sulfide) groups is 1. The molecule has 0 unspecified atom stereocenters. The number of rotatable bonds is 2. The maximum Gasteiger partial charge on any atom is 0.494 e. The first-order valence-electron chi connectivity index (χ1n) is 7.29. The van der Waals surface area contributed by atoms with Crippen molar-refractivity contribution in [3.8, 4) is 11.8 Å². The third kappa shape index (κ3) is 3.95. The van der Waals surface area contributed by atoms with E-state index in [-0.39, 0.29) is 23.4 Å². The molecule has 0 bridgehead atoms. The minimum absolute atomic E-state index is 0.0836. The van der Waals surface area contributed by atoms with Crippen molar-refractivity contribution in [3.05, 3.63) is 29.8 Å². The SMILES string of the molecule is CC(=O)SCC#Cc1cccc(B2OC(C)(C)C(C)(C)O2)c1. The van der Waals surface area contributed by atoms with Crippen molar-refractivity contribution < 1.29 is 14.1 Å². The van der Waals surface area contributed by atoms with E-state index in [1.54, 1.807) is 6.92 Å². The Kier molecular flexibility index (Phi) is 5.06. The molecule has 0 aromatic heterocycles. The zero-order chi connectivity index (χ0) is 16.4. The van der Waals surface area contributed by atoms with Crippen molar-refractivity contribution in [1.82, 2.24) is 0 Å². The lowest BCUT2D eigenvalue weighted by Crippen LogP contribution is -2.41. The van der Waals surface area contributed by atoms with Crippen molar-refractivity contribution in [2.75, 3.05) is 5.75 Å². The van der Waals surface area contributed by atoms with Crippen LogP contribution < -0.4 is 5.46 Å². The molecule has 1 aliphatic heterocycles. The van der Waals surface area contributed by atoms with Gasteiger partial charge in [-0.3, -0.25) is 4.79 Å². The molecule has 1 saturated heterocycles. The van der Waals surface area contributed by atoms with E-state index in [1.165, 1.54) is 11.8 Å². The molecule has 1 aromatic rings. The van der Waals surface area contributed by atoms with Crippen LogP contribution >= 0.6 is 11.8 Å². The Hall–Kier alpha value is -1.22. The Morgan fingerprint density at radius 2 is 1.86 bits per heavy atom. The highest BCUT2D eigenvalue weighted by Gasteiger charge is 2.51. The highest BCUT2D eigenvalue weighted by Crippen LogP contribution is 2.36. The van der Waals surface area contributed by atoms with E-state index in [4.69, 9.17) is 9.31 Å². The minimum atomic E-state index is -0.377. The van der Waals surface area contributed by atoms with Crippen LogP contribution in [0.15, 0.2) is 24.3 Å². The topological polar surface area (TPSA) is 35.5 Å². The van der Waals surface area contributed by atoms with Gasteiger partial charge in [-0.2, -0.15) is 0 Å². The monoisotopic (exact) mass is 316 g/mol. The van der Waals surface area contributed by atoms with Crippen LogP contribution in [0.4, 0.5) is 0 Å². The standard InChI is InChI=1S/C17H21BO3S/c1-13(19)22-11-7-9-14-8-6-10-15(12-14)18-20-16(2,3)17(4,5)21-18/h6,8,10,12H,11H2,1-5H3. The van der Waals surface area contributed by atoms with E-state index < -0.39 is 0 Å². The second kappa shape index (κ2) is 6.50. The lowest BCUT2D eigenvalue weighted by Gasteiger charge is -2.32. The molecule has 116 valence electrons. The molecule has 0 spiro atoms. The fourth-order valence-corrected chi connectivity index (χ4v) is 2.37.